The van der Waals surface area contributed by atoms with Gasteiger partial charge in [-0.3, -0.25) is 0 Å². The number of nitrogens with zero attached hydrogens (tertiary/aromatic N) is 2. The Kier molecular flexibility index (Phi) is 6.82. The number of thioether (sulfide) groups is 1. The Balaban J connectivity index is 1.73. The summed E-state index contributed by atoms with van der Waals surface area (Å²) in [5.41, 5.74) is 6.03. The zero-order valence-corrected chi connectivity index (χ0v) is 13.0. The molecule has 0 aliphatic heterocycles. The maximum absolute atomic E-state index is 6.03. The van der Waals surface area contributed by atoms with E-state index in [1.807, 2.05) is 11.8 Å². The highest BCUT2D eigenvalue weighted by atomic mass is 32.2. The minimum absolute atomic E-state index is 0.175. The number of hydrogen-bond donors (Lipinski definition) is 1. The number of nitrogens with two attached hydrogens (primary N) is 1. The van der Waals surface area contributed by atoms with Crippen molar-refractivity contribution in [1.82, 2.24) is 10.1 Å². The molecule has 1 aromatic rings. The fraction of sp³-hybridized carbons (Fsp3) is 0.857. The average Bonchev–Trinajstić information content (AvgIpc) is 2.95. The molecule has 1 heterocycles. The van der Waals surface area contributed by atoms with E-state index in [4.69, 9.17) is 15.0 Å². The lowest BCUT2D eigenvalue weighted by atomic mass is 10.0. The van der Waals surface area contributed by atoms with E-state index >= 15 is 0 Å². The third-order valence-corrected chi connectivity index (χ3v) is 5.03. The van der Waals surface area contributed by atoms with Crippen LogP contribution >= 0.6 is 11.8 Å². The molecule has 1 saturated carbocycles. The van der Waals surface area contributed by atoms with Gasteiger partial charge in [-0.2, -0.15) is 16.7 Å². The third kappa shape index (κ3) is 5.07. The van der Waals surface area contributed by atoms with Crippen molar-refractivity contribution in [3.63, 3.8) is 0 Å². The summed E-state index contributed by atoms with van der Waals surface area (Å²) in [7, 11) is 1.69. The van der Waals surface area contributed by atoms with Crippen LogP contribution < -0.4 is 5.73 Å². The monoisotopic (exact) mass is 299 g/mol. The molecule has 2 N–H and O–H groups in total. The Morgan fingerprint density at radius 2 is 2.20 bits per heavy atom. The molecule has 1 aliphatic rings. The van der Waals surface area contributed by atoms with Crippen LogP contribution in [-0.2, 0) is 10.5 Å². The molecule has 0 spiro atoms. The van der Waals surface area contributed by atoms with Crippen LogP contribution in [0.3, 0.4) is 0 Å². The SMILES string of the molecule is COCCCC(N)c1nc(CSC2CCCCC2)no1. The molecular formula is C14H25N3O2S. The summed E-state index contributed by atoms with van der Waals surface area (Å²) < 4.78 is 10.3. The third-order valence-electron chi connectivity index (χ3n) is 3.66. The van der Waals surface area contributed by atoms with E-state index in [1.165, 1.54) is 32.1 Å². The Labute approximate surface area is 125 Å². The van der Waals surface area contributed by atoms with Crippen molar-refractivity contribution < 1.29 is 9.26 Å². The lowest BCUT2D eigenvalue weighted by Crippen LogP contribution is -2.11. The number of ether oxygens (including phenoxy) is 1. The summed E-state index contributed by atoms with van der Waals surface area (Å²) in [6, 6.07) is -0.175. The fourth-order valence-electron chi connectivity index (χ4n) is 2.47. The molecule has 1 unspecified atom stereocenters. The number of aromatic nitrogens is 2. The molecule has 114 valence electrons. The Morgan fingerprint density at radius 1 is 1.40 bits per heavy atom. The molecule has 1 atom stereocenters. The molecule has 1 fully saturated rings. The van der Waals surface area contributed by atoms with Gasteiger partial charge in [0.15, 0.2) is 5.82 Å². The molecule has 0 amide bonds. The Hall–Kier alpha value is -0.590. The van der Waals surface area contributed by atoms with Gasteiger partial charge in [-0.25, -0.2) is 0 Å². The molecular weight excluding hydrogens is 274 g/mol. The quantitative estimate of drug-likeness (QED) is 0.744. The van der Waals surface area contributed by atoms with Gasteiger partial charge in [0, 0.05) is 19.0 Å². The van der Waals surface area contributed by atoms with Crippen molar-refractivity contribution in [2.75, 3.05) is 13.7 Å². The van der Waals surface area contributed by atoms with Gasteiger partial charge in [0.1, 0.15) is 0 Å². The first-order valence-corrected chi connectivity index (χ1v) is 8.53. The minimum Gasteiger partial charge on any atom is -0.385 e. The van der Waals surface area contributed by atoms with Gasteiger partial charge < -0.3 is 15.0 Å². The van der Waals surface area contributed by atoms with Crippen LogP contribution in [0.4, 0.5) is 0 Å². The van der Waals surface area contributed by atoms with Crippen LogP contribution in [-0.4, -0.2) is 29.1 Å². The van der Waals surface area contributed by atoms with E-state index in [-0.39, 0.29) is 6.04 Å². The van der Waals surface area contributed by atoms with Gasteiger partial charge in [-0.1, -0.05) is 24.4 Å². The second-order valence-corrected chi connectivity index (χ2v) is 6.65. The fourth-order valence-corrected chi connectivity index (χ4v) is 3.64. The molecule has 0 aromatic carbocycles. The predicted molar refractivity (Wildman–Crippen MR) is 80.5 cm³/mol. The van der Waals surface area contributed by atoms with Crippen molar-refractivity contribution in [1.29, 1.82) is 0 Å². The van der Waals surface area contributed by atoms with Crippen LogP contribution in [0, 0.1) is 0 Å². The maximum Gasteiger partial charge on any atom is 0.243 e. The Bertz CT molecular complexity index is 380. The predicted octanol–water partition coefficient (Wildman–Crippen LogP) is 3.06. The second kappa shape index (κ2) is 8.64. The number of hydrogen-bond acceptors (Lipinski definition) is 6. The van der Waals surface area contributed by atoms with Crippen molar-refractivity contribution in [2.45, 2.75) is 62.0 Å². The van der Waals surface area contributed by atoms with Gasteiger partial charge in [0.2, 0.25) is 5.89 Å². The summed E-state index contributed by atoms with van der Waals surface area (Å²) in [5, 5.41) is 4.80. The first-order valence-electron chi connectivity index (χ1n) is 7.48. The summed E-state index contributed by atoms with van der Waals surface area (Å²) in [5.74, 6) is 2.16. The van der Waals surface area contributed by atoms with Crippen molar-refractivity contribution >= 4 is 11.8 Å². The van der Waals surface area contributed by atoms with Crippen molar-refractivity contribution in [3.05, 3.63) is 11.7 Å². The first-order chi connectivity index (χ1) is 9.79. The summed E-state index contributed by atoms with van der Waals surface area (Å²) in [6.07, 6.45) is 8.48. The standard InChI is InChI=1S/C14H25N3O2S/c1-18-9-5-8-12(15)14-16-13(17-19-14)10-20-11-6-3-2-4-7-11/h11-12H,2-10,15H2,1H3. The van der Waals surface area contributed by atoms with E-state index in [2.05, 4.69) is 10.1 Å². The molecule has 5 nitrogen and oxygen atoms in total. The largest absolute Gasteiger partial charge is 0.385 e. The van der Waals surface area contributed by atoms with Crippen LogP contribution in [0.5, 0.6) is 0 Å². The zero-order valence-electron chi connectivity index (χ0n) is 12.2. The van der Waals surface area contributed by atoms with Crippen LogP contribution in [0.25, 0.3) is 0 Å². The second-order valence-electron chi connectivity index (χ2n) is 5.36. The van der Waals surface area contributed by atoms with Gasteiger partial charge in [0.05, 0.1) is 11.8 Å². The molecule has 6 heteroatoms. The van der Waals surface area contributed by atoms with Crippen LogP contribution in [0.15, 0.2) is 4.52 Å². The Morgan fingerprint density at radius 3 is 2.95 bits per heavy atom. The zero-order chi connectivity index (χ0) is 14.2. The minimum atomic E-state index is -0.175. The topological polar surface area (TPSA) is 74.2 Å². The molecule has 1 aliphatic carbocycles. The molecule has 0 radical (unpaired) electrons. The normalized spacial score (nSPS) is 18.3. The highest BCUT2D eigenvalue weighted by Gasteiger charge is 2.17. The summed E-state index contributed by atoms with van der Waals surface area (Å²) in [6.45, 7) is 0.715. The van der Waals surface area contributed by atoms with Crippen molar-refractivity contribution in [3.8, 4) is 0 Å². The van der Waals surface area contributed by atoms with Crippen LogP contribution in [0.2, 0.25) is 0 Å². The average molecular weight is 299 g/mol. The highest BCUT2D eigenvalue weighted by Crippen LogP contribution is 2.30. The molecule has 0 bridgehead atoms. The molecule has 2 rings (SSSR count). The number of rotatable bonds is 8. The molecule has 20 heavy (non-hydrogen) atoms. The van der Waals surface area contributed by atoms with Gasteiger partial charge in [-0.05, 0) is 25.7 Å². The maximum atomic E-state index is 6.03. The lowest BCUT2D eigenvalue weighted by Gasteiger charge is -2.19. The first kappa shape index (κ1) is 15.8. The summed E-state index contributed by atoms with van der Waals surface area (Å²) in [4.78, 5) is 4.41. The van der Waals surface area contributed by atoms with E-state index < -0.39 is 0 Å². The van der Waals surface area contributed by atoms with Crippen molar-refractivity contribution in [2.24, 2.45) is 5.73 Å². The lowest BCUT2D eigenvalue weighted by molar-refractivity contribution is 0.188. The molecule has 0 saturated heterocycles. The van der Waals surface area contributed by atoms with E-state index in [0.29, 0.717) is 12.5 Å². The van der Waals surface area contributed by atoms with E-state index in [0.717, 1.165) is 29.7 Å². The van der Waals surface area contributed by atoms with Gasteiger partial charge in [-0.15, -0.1) is 0 Å². The van der Waals surface area contributed by atoms with Gasteiger partial charge >= 0.3 is 0 Å². The smallest absolute Gasteiger partial charge is 0.243 e. The highest BCUT2D eigenvalue weighted by molar-refractivity contribution is 7.99. The molecule has 1 aromatic heterocycles. The van der Waals surface area contributed by atoms with Gasteiger partial charge in [0.25, 0.3) is 0 Å². The van der Waals surface area contributed by atoms with E-state index in [9.17, 15) is 0 Å². The van der Waals surface area contributed by atoms with Crippen LogP contribution in [0.1, 0.15) is 62.7 Å². The van der Waals surface area contributed by atoms with E-state index in [1.54, 1.807) is 7.11 Å². The summed E-state index contributed by atoms with van der Waals surface area (Å²) >= 11 is 1.95. The number of methoxy groups -OCH3 is 1.